The quantitative estimate of drug-likeness (QED) is 0.154. The average molecular weight is 745 g/mol. The Morgan fingerprint density at radius 3 is 1.50 bits per heavy atom. The minimum absolute atomic E-state index is 0.236. The van der Waals surface area contributed by atoms with Crippen molar-refractivity contribution < 1.29 is 0 Å². The van der Waals surface area contributed by atoms with Crippen molar-refractivity contribution >= 4 is 67.3 Å². The Hall–Kier alpha value is -7.56. The lowest BCUT2D eigenvalue weighted by atomic mass is 9.91. The van der Waals surface area contributed by atoms with Crippen molar-refractivity contribution in [3.05, 3.63) is 236 Å². The molecule has 2 unspecified atom stereocenters. The number of para-hydroxylation sites is 5. The lowest BCUT2D eigenvalue weighted by Crippen LogP contribution is -2.28. The van der Waals surface area contributed by atoms with Crippen LogP contribution in [0.5, 0.6) is 0 Å². The molecule has 276 valence electrons. The van der Waals surface area contributed by atoms with Crippen LogP contribution in [-0.4, -0.2) is 10.6 Å². The summed E-state index contributed by atoms with van der Waals surface area (Å²) in [4.78, 5) is 7.23. The van der Waals surface area contributed by atoms with E-state index in [0.29, 0.717) is 0 Å². The number of anilines is 8. The lowest BCUT2D eigenvalue weighted by Gasteiger charge is -2.29. The van der Waals surface area contributed by atoms with Crippen molar-refractivity contribution in [3.8, 4) is 5.69 Å². The fourth-order valence-corrected chi connectivity index (χ4v) is 9.11. The van der Waals surface area contributed by atoms with Gasteiger partial charge >= 0.3 is 0 Å². The predicted molar refractivity (Wildman–Crippen MR) is 244 cm³/mol. The normalized spacial score (nSPS) is 15.4. The van der Waals surface area contributed by atoms with E-state index in [1.54, 1.807) is 0 Å². The third kappa shape index (κ3) is 5.69. The molecule has 11 rings (SSSR count). The maximum Gasteiger partial charge on any atom is 0.0629 e. The monoisotopic (exact) mass is 744 g/mol. The number of rotatable bonds is 8. The van der Waals surface area contributed by atoms with Gasteiger partial charge in [0.05, 0.1) is 17.1 Å². The van der Waals surface area contributed by atoms with Gasteiger partial charge in [0.1, 0.15) is 0 Å². The second-order valence-electron chi connectivity index (χ2n) is 15.0. The van der Waals surface area contributed by atoms with Crippen LogP contribution in [0.3, 0.4) is 0 Å². The summed E-state index contributed by atoms with van der Waals surface area (Å²) in [5, 5.41) is 2.45. The second kappa shape index (κ2) is 14.2. The van der Waals surface area contributed by atoms with Crippen LogP contribution >= 0.6 is 0 Å². The maximum atomic E-state index is 2.49. The Labute approximate surface area is 339 Å². The predicted octanol–water partition coefficient (Wildman–Crippen LogP) is 14.5. The van der Waals surface area contributed by atoms with Gasteiger partial charge in [-0.1, -0.05) is 115 Å². The molecule has 4 heteroatoms. The standard InChI is InChI=1S/C54H40N4/c1-5-17-39(18-6-1)55(45-33-35-53-49(37-45)47-25-13-15-27-51(47)57(53)41-21-9-3-10-22-41)43-29-31-44(32-30-43)56(40-19-7-2-8-20-40)46-34-36-54-50(38-46)48-26-14-16-28-52(48)58(54)42-23-11-4-12-24-42/h1-38,47,51H. The Morgan fingerprint density at radius 2 is 0.845 bits per heavy atom. The summed E-state index contributed by atoms with van der Waals surface area (Å²) in [5.41, 5.74) is 14.0. The molecule has 0 amide bonds. The molecule has 1 aliphatic heterocycles. The van der Waals surface area contributed by atoms with Crippen LogP contribution in [0.4, 0.5) is 45.5 Å². The molecule has 2 heterocycles. The summed E-state index contributed by atoms with van der Waals surface area (Å²) in [7, 11) is 0. The third-order valence-corrected chi connectivity index (χ3v) is 11.6. The summed E-state index contributed by atoms with van der Waals surface area (Å²) >= 11 is 0. The van der Waals surface area contributed by atoms with Gasteiger partial charge in [0, 0.05) is 67.9 Å². The molecule has 1 aromatic heterocycles. The molecule has 0 radical (unpaired) electrons. The van der Waals surface area contributed by atoms with Gasteiger partial charge in [-0.15, -0.1) is 0 Å². The molecule has 0 N–H and O–H groups in total. The number of allylic oxidation sites excluding steroid dienone is 2. The zero-order chi connectivity index (χ0) is 38.4. The van der Waals surface area contributed by atoms with E-state index >= 15 is 0 Å². The number of benzene rings is 8. The molecule has 8 aromatic carbocycles. The first kappa shape index (κ1) is 33.8. The summed E-state index contributed by atoms with van der Waals surface area (Å²) < 4.78 is 2.37. The Kier molecular flexibility index (Phi) is 8.25. The van der Waals surface area contributed by atoms with Crippen molar-refractivity contribution in [2.24, 2.45) is 0 Å². The Bertz CT molecular complexity index is 2950. The highest BCUT2D eigenvalue weighted by Gasteiger charge is 2.37. The summed E-state index contributed by atoms with van der Waals surface area (Å²) in [6.07, 6.45) is 9.06. The van der Waals surface area contributed by atoms with E-state index in [9.17, 15) is 0 Å². The first-order valence-electron chi connectivity index (χ1n) is 20.0. The molecule has 0 saturated carbocycles. The minimum atomic E-state index is 0.236. The molecule has 0 spiro atoms. The van der Waals surface area contributed by atoms with Gasteiger partial charge in [0.15, 0.2) is 0 Å². The van der Waals surface area contributed by atoms with Gasteiger partial charge in [0.2, 0.25) is 0 Å². The van der Waals surface area contributed by atoms with Crippen LogP contribution in [0.1, 0.15) is 11.5 Å². The third-order valence-electron chi connectivity index (χ3n) is 11.6. The number of fused-ring (bicyclic) bond motifs is 6. The first-order valence-corrected chi connectivity index (χ1v) is 20.0. The van der Waals surface area contributed by atoms with Crippen LogP contribution < -0.4 is 14.7 Å². The first-order chi connectivity index (χ1) is 28.8. The fraction of sp³-hybridized carbons (Fsp3) is 0.0370. The van der Waals surface area contributed by atoms with E-state index < -0.39 is 0 Å². The highest BCUT2D eigenvalue weighted by Crippen LogP contribution is 2.50. The smallest absolute Gasteiger partial charge is 0.0629 e. The van der Waals surface area contributed by atoms with E-state index in [1.165, 1.54) is 38.7 Å². The summed E-state index contributed by atoms with van der Waals surface area (Å²) in [6.45, 7) is 0. The van der Waals surface area contributed by atoms with E-state index in [-0.39, 0.29) is 12.0 Å². The summed E-state index contributed by atoms with van der Waals surface area (Å²) in [6, 6.07) is 74.6. The number of nitrogens with zero attached hydrogens (tertiary/aromatic N) is 4. The largest absolute Gasteiger partial charge is 0.333 e. The minimum Gasteiger partial charge on any atom is -0.333 e. The number of hydrogen-bond acceptors (Lipinski definition) is 3. The fourth-order valence-electron chi connectivity index (χ4n) is 9.11. The topological polar surface area (TPSA) is 14.7 Å². The Morgan fingerprint density at radius 1 is 0.362 bits per heavy atom. The molecular formula is C54H40N4. The molecule has 0 saturated heterocycles. The average Bonchev–Trinajstić information content (AvgIpc) is 3.81. The highest BCUT2D eigenvalue weighted by atomic mass is 15.2. The van der Waals surface area contributed by atoms with Crippen LogP contribution in [0.2, 0.25) is 0 Å². The zero-order valence-corrected chi connectivity index (χ0v) is 31.9. The lowest BCUT2D eigenvalue weighted by molar-refractivity contribution is 0.745. The van der Waals surface area contributed by atoms with Crippen molar-refractivity contribution in [1.29, 1.82) is 0 Å². The van der Waals surface area contributed by atoms with Gasteiger partial charge in [-0.25, -0.2) is 0 Å². The second-order valence-corrected chi connectivity index (χ2v) is 15.0. The van der Waals surface area contributed by atoms with Crippen LogP contribution in [0.15, 0.2) is 231 Å². The molecule has 2 aliphatic rings. The molecule has 58 heavy (non-hydrogen) atoms. The molecule has 2 atom stereocenters. The molecule has 4 nitrogen and oxygen atoms in total. The van der Waals surface area contributed by atoms with E-state index in [0.717, 1.165) is 39.8 Å². The molecule has 1 aliphatic carbocycles. The van der Waals surface area contributed by atoms with Crippen molar-refractivity contribution in [1.82, 2.24) is 4.57 Å². The highest BCUT2D eigenvalue weighted by molar-refractivity contribution is 6.10. The van der Waals surface area contributed by atoms with Crippen LogP contribution in [0, 0.1) is 0 Å². The van der Waals surface area contributed by atoms with Gasteiger partial charge in [-0.05, 0) is 121 Å². The number of aromatic nitrogens is 1. The van der Waals surface area contributed by atoms with Crippen molar-refractivity contribution in [2.45, 2.75) is 12.0 Å². The molecule has 9 aromatic rings. The zero-order valence-electron chi connectivity index (χ0n) is 31.9. The van der Waals surface area contributed by atoms with Gasteiger partial charge in [-0.2, -0.15) is 0 Å². The van der Waals surface area contributed by atoms with E-state index in [1.807, 2.05) is 0 Å². The van der Waals surface area contributed by atoms with Gasteiger partial charge < -0.3 is 19.3 Å². The van der Waals surface area contributed by atoms with Crippen molar-refractivity contribution in [2.75, 3.05) is 14.7 Å². The molecule has 0 fully saturated rings. The SMILES string of the molecule is C1=CC2c3cc(N(c4ccccc4)c4ccc(N(c5ccccc5)c5ccc6c(c5)c5ccccc5n6-c5ccccc5)cc4)ccc3N(c3ccccc3)C2C=C1. The maximum absolute atomic E-state index is 2.49. The number of hydrogen-bond donors (Lipinski definition) is 0. The Balaban J connectivity index is 1.01. The molecular weight excluding hydrogens is 705 g/mol. The van der Waals surface area contributed by atoms with Crippen LogP contribution in [0.25, 0.3) is 27.5 Å². The van der Waals surface area contributed by atoms with Crippen LogP contribution in [-0.2, 0) is 0 Å². The van der Waals surface area contributed by atoms with Gasteiger partial charge in [0.25, 0.3) is 0 Å². The molecule has 0 bridgehead atoms. The van der Waals surface area contributed by atoms with Gasteiger partial charge in [-0.3, -0.25) is 0 Å². The van der Waals surface area contributed by atoms with E-state index in [4.69, 9.17) is 0 Å². The van der Waals surface area contributed by atoms with E-state index in [2.05, 4.69) is 250 Å². The summed E-state index contributed by atoms with van der Waals surface area (Å²) in [5.74, 6) is 0.263. The van der Waals surface area contributed by atoms with Crippen molar-refractivity contribution in [3.63, 3.8) is 0 Å².